The molecule has 1 aromatic rings. The molecular formula is C15H25NS. The Labute approximate surface area is 110 Å². The van der Waals surface area contributed by atoms with Gasteiger partial charge < -0.3 is 5.32 Å². The lowest BCUT2D eigenvalue weighted by molar-refractivity contribution is 0.519. The minimum atomic E-state index is 0.516. The number of rotatable bonds is 8. The highest BCUT2D eigenvalue weighted by Gasteiger charge is 2.07. The summed E-state index contributed by atoms with van der Waals surface area (Å²) in [4.78, 5) is 0. The monoisotopic (exact) mass is 251 g/mol. The fraction of sp³-hybridized carbons (Fsp3) is 0.600. The zero-order valence-electron chi connectivity index (χ0n) is 11.3. The third kappa shape index (κ3) is 5.13. The summed E-state index contributed by atoms with van der Waals surface area (Å²) in [6.45, 7) is 5.57. The Bertz CT molecular complexity index is 294. The lowest BCUT2D eigenvalue weighted by Gasteiger charge is -2.17. The standard InChI is InChI=1S/C15H25NS/c1-4-13-7-9-14(10-8-13)15(5-2)16-11-6-12-17-3/h7-10,15-16H,4-6,11-12H2,1-3H3. The van der Waals surface area contributed by atoms with Gasteiger partial charge in [0.1, 0.15) is 0 Å². The van der Waals surface area contributed by atoms with E-state index >= 15 is 0 Å². The molecule has 0 spiro atoms. The fourth-order valence-electron chi connectivity index (χ4n) is 1.98. The van der Waals surface area contributed by atoms with Gasteiger partial charge in [0.2, 0.25) is 0 Å². The lowest BCUT2D eigenvalue weighted by atomic mass is 10.0. The van der Waals surface area contributed by atoms with Gasteiger partial charge in [-0.15, -0.1) is 0 Å². The first kappa shape index (κ1) is 14.6. The molecule has 0 aromatic heterocycles. The predicted octanol–water partition coefficient (Wildman–Crippen LogP) is 4.04. The molecule has 0 heterocycles. The highest BCUT2D eigenvalue weighted by molar-refractivity contribution is 7.98. The third-order valence-electron chi connectivity index (χ3n) is 3.11. The third-order valence-corrected chi connectivity index (χ3v) is 3.81. The second-order valence-corrected chi connectivity index (χ2v) is 5.34. The molecule has 0 fully saturated rings. The summed E-state index contributed by atoms with van der Waals surface area (Å²) in [6, 6.07) is 9.56. The molecule has 0 aliphatic rings. The van der Waals surface area contributed by atoms with E-state index in [1.54, 1.807) is 0 Å². The zero-order valence-corrected chi connectivity index (χ0v) is 12.1. The summed E-state index contributed by atoms with van der Waals surface area (Å²) in [5.41, 5.74) is 2.85. The second-order valence-electron chi connectivity index (χ2n) is 4.36. The minimum absolute atomic E-state index is 0.516. The molecule has 1 N–H and O–H groups in total. The molecule has 1 rings (SSSR count). The van der Waals surface area contributed by atoms with Gasteiger partial charge in [0.15, 0.2) is 0 Å². The molecular weight excluding hydrogens is 226 g/mol. The SMILES string of the molecule is CCc1ccc(C(CC)NCCCSC)cc1. The highest BCUT2D eigenvalue weighted by Crippen LogP contribution is 2.17. The molecule has 2 heteroatoms. The second kappa shape index (κ2) is 8.60. The van der Waals surface area contributed by atoms with E-state index in [9.17, 15) is 0 Å². The topological polar surface area (TPSA) is 12.0 Å². The van der Waals surface area contributed by atoms with Crippen molar-refractivity contribution in [1.82, 2.24) is 5.32 Å². The molecule has 1 aromatic carbocycles. The van der Waals surface area contributed by atoms with Gasteiger partial charge in [0, 0.05) is 6.04 Å². The zero-order chi connectivity index (χ0) is 12.5. The summed E-state index contributed by atoms with van der Waals surface area (Å²) in [5.74, 6) is 1.25. The van der Waals surface area contributed by atoms with Crippen molar-refractivity contribution in [2.45, 2.75) is 39.2 Å². The quantitative estimate of drug-likeness (QED) is 0.700. The Morgan fingerprint density at radius 2 is 1.88 bits per heavy atom. The Kier molecular flexibility index (Phi) is 7.38. The van der Waals surface area contributed by atoms with E-state index in [1.807, 2.05) is 11.8 Å². The van der Waals surface area contributed by atoms with Crippen LogP contribution in [0.5, 0.6) is 0 Å². The van der Waals surface area contributed by atoms with Gasteiger partial charge >= 0.3 is 0 Å². The van der Waals surface area contributed by atoms with Crippen molar-refractivity contribution in [1.29, 1.82) is 0 Å². The molecule has 1 unspecified atom stereocenters. The van der Waals surface area contributed by atoms with E-state index < -0.39 is 0 Å². The summed E-state index contributed by atoms with van der Waals surface area (Å²) in [6.07, 6.45) is 5.70. The van der Waals surface area contributed by atoms with Crippen LogP contribution >= 0.6 is 11.8 Å². The summed E-state index contributed by atoms with van der Waals surface area (Å²) in [5, 5.41) is 3.64. The minimum Gasteiger partial charge on any atom is -0.310 e. The van der Waals surface area contributed by atoms with Gasteiger partial charge in [-0.05, 0) is 48.9 Å². The largest absolute Gasteiger partial charge is 0.310 e. The first-order valence-corrected chi connectivity index (χ1v) is 8.02. The average Bonchev–Trinajstić information content (AvgIpc) is 2.39. The first-order valence-electron chi connectivity index (χ1n) is 6.63. The van der Waals surface area contributed by atoms with Gasteiger partial charge in [-0.2, -0.15) is 11.8 Å². The molecule has 0 bridgehead atoms. The van der Waals surface area contributed by atoms with Crippen molar-refractivity contribution in [3.8, 4) is 0 Å². The fourth-order valence-corrected chi connectivity index (χ4v) is 2.41. The number of benzene rings is 1. The van der Waals surface area contributed by atoms with Crippen LogP contribution in [-0.4, -0.2) is 18.6 Å². The van der Waals surface area contributed by atoms with Crippen LogP contribution in [0.25, 0.3) is 0 Å². The Morgan fingerprint density at radius 3 is 2.41 bits per heavy atom. The molecule has 1 atom stereocenters. The van der Waals surface area contributed by atoms with Gasteiger partial charge in [-0.1, -0.05) is 38.1 Å². The molecule has 0 aliphatic heterocycles. The number of aryl methyl sites for hydroxylation is 1. The molecule has 1 nitrogen and oxygen atoms in total. The van der Waals surface area contributed by atoms with Crippen molar-refractivity contribution >= 4 is 11.8 Å². The van der Waals surface area contributed by atoms with Crippen LogP contribution in [0, 0.1) is 0 Å². The number of thioether (sulfide) groups is 1. The van der Waals surface area contributed by atoms with Gasteiger partial charge in [0.05, 0.1) is 0 Å². The number of nitrogens with one attached hydrogen (secondary N) is 1. The maximum Gasteiger partial charge on any atom is 0.0317 e. The lowest BCUT2D eigenvalue weighted by Crippen LogP contribution is -2.22. The van der Waals surface area contributed by atoms with E-state index in [2.05, 4.69) is 49.7 Å². The van der Waals surface area contributed by atoms with Crippen molar-refractivity contribution < 1.29 is 0 Å². The van der Waals surface area contributed by atoms with Crippen LogP contribution in [-0.2, 0) is 6.42 Å². The van der Waals surface area contributed by atoms with E-state index in [-0.39, 0.29) is 0 Å². The Hall–Kier alpha value is -0.470. The maximum absolute atomic E-state index is 3.64. The van der Waals surface area contributed by atoms with Crippen molar-refractivity contribution in [2.75, 3.05) is 18.6 Å². The van der Waals surface area contributed by atoms with Gasteiger partial charge in [0.25, 0.3) is 0 Å². The average molecular weight is 251 g/mol. The van der Waals surface area contributed by atoms with Crippen LogP contribution in [0.4, 0.5) is 0 Å². The van der Waals surface area contributed by atoms with E-state index in [1.165, 1.54) is 23.3 Å². The maximum atomic E-state index is 3.64. The smallest absolute Gasteiger partial charge is 0.0317 e. The predicted molar refractivity (Wildman–Crippen MR) is 79.9 cm³/mol. The van der Waals surface area contributed by atoms with Gasteiger partial charge in [-0.3, -0.25) is 0 Å². The molecule has 0 aliphatic carbocycles. The molecule has 0 saturated carbocycles. The van der Waals surface area contributed by atoms with Crippen molar-refractivity contribution in [3.05, 3.63) is 35.4 Å². The molecule has 96 valence electrons. The van der Waals surface area contributed by atoms with Crippen LogP contribution in [0.1, 0.15) is 43.9 Å². The van der Waals surface area contributed by atoms with Crippen LogP contribution in [0.15, 0.2) is 24.3 Å². The van der Waals surface area contributed by atoms with Crippen LogP contribution in [0.2, 0.25) is 0 Å². The Morgan fingerprint density at radius 1 is 1.18 bits per heavy atom. The van der Waals surface area contributed by atoms with Crippen molar-refractivity contribution in [2.24, 2.45) is 0 Å². The van der Waals surface area contributed by atoms with E-state index in [0.29, 0.717) is 6.04 Å². The molecule has 0 radical (unpaired) electrons. The highest BCUT2D eigenvalue weighted by atomic mass is 32.2. The normalized spacial score (nSPS) is 12.6. The van der Waals surface area contributed by atoms with Gasteiger partial charge in [-0.25, -0.2) is 0 Å². The first-order chi connectivity index (χ1) is 8.31. The Balaban J connectivity index is 2.47. The molecule has 0 saturated heterocycles. The molecule has 17 heavy (non-hydrogen) atoms. The summed E-state index contributed by atoms with van der Waals surface area (Å²) >= 11 is 1.92. The summed E-state index contributed by atoms with van der Waals surface area (Å²) < 4.78 is 0. The summed E-state index contributed by atoms with van der Waals surface area (Å²) in [7, 11) is 0. The molecule has 0 amide bonds. The number of hydrogen-bond acceptors (Lipinski definition) is 2. The van der Waals surface area contributed by atoms with Crippen LogP contribution in [0.3, 0.4) is 0 Å². The number of hydrogen-bond donors (Lipinski definition) is 1. The van der Waals surface area contributed by atoms with Crippen LogP contribution < -0.4 is 5.32 Å². The van der Waals surface area contributed by atoms with E-state index in [4.69, 9.17) is 0 Å². The van der Waals surface area contributed by atoms with E-state index in [0.717, 1.165) is 19.4 Å². The van der Waals surface area contributed by atoms with Crippen molar-refractivity contribution in [3.63, 3.8) is 0 Å².